The zero-order chi connectivity index (χ0) is 43.8. The van der Waals surface area contributed by atoms with Crippen LogP contribution >= 0.6 is 0 Å². The van der Waals surface area contributed by atoms with Gasteiger partial charge in [-0.3, -0.25) is 9.59 Å². The molecule has 0 bridgehead atoms. The van der Waals surface area contributed by atoms with Crippen molar-refractivity contribution in [3.63, 3.8) is 0 Å². The molecular formula is C54H97NO5. The maximum absolute atomic E-state index is 13.2. The first kappa shape index (κ1) is 57.6. The van der Waals surface area contributed by atoms with Crippen LogP contribution < -0.4 is 5.32 Å². The van der Waals surface area contributed by atoms with E-state index in [9.17, 15) is 19.8 Å². The zero-order valence-corrected chi connectivity index (χ0v) is 39.6. The van der Waals surface area contributed by atoms with Crippen molar-refractivity contribution >= 4 is 11.9 Å². The molecule has 0 saturated heterocycles. The average Bonchev–Trinajstić information content (AvgIpc) is 3.24. The smallest absolute Gasteiger partial charge is 0.306 e. The second kappa shape index (κ2) is 47.6. The molecule has 0 fully saturated rings. The number of allylic oxidation sites excluding steroid dienone is 10. The van der Waals surface area contributed by atoms with Crippen molar-refractivity contribution in [1.82, 2.24) is 5.32 Å². The molecule has 0 aliphatic carbocycles. The van der Waals surface area contributed by atoms with E-state index in [4.69, 9.17) is 4.74 Å². The molecule has 0 aromatic heterocycles. The summed E-state index contributed by atoms with van der Waals surface area (Å²) < 4.78 is 5.89. The lowest BCUT2D eigenvalue weighted by Crippen LogP contribution is -2.46. The predicted octanol–water partition coefficient (Wildman–Crippen LogP) is 15.2. The molecule has 1 amide bonds. The molecule has 0 heterocycles. The standard InChI is InChI=1S/C54H97NO5/c1-4-7-10-13-16-19-22-25-28-30-33-36-39-42-45-50(60-54(59)47-44-41-38-35-32-29-26-23-20-17-14-11-8-5-2)48-53(58)55-51(49-56)52(57)46-43-40-37-34-31-27-24-21-18-15-12-9-6-3/h7,10,16,19,25,28-29,32-33,36,50-52,56-57H,4-6,8-9,11-15,17-18,20-24,26-27,30-31,34-35,37-49H2,1-3H3,(H,55,58)/b10-7+,19-16+,28-25+,32-29-,36-33+. The third-order valence-corrected chi connectivity index (χ3v) is 11.3. The van der Waals surface area contributed by atoms with Crippen molar-refractivity contribution in [2.24, 2.45) is 0 Å². The molecule has 0 aromatic carbocycles. The fourth-order valence-electron chi connectivity index (χ4n) is 7.48. The van der Waals surface area contributed by atoms with Gasteiger partial charge >= 0.3 is 5.97 Å². The lowest BCUT2D eigenvalue weighted by atomic mass is 10.0. The van der Waals surface area contributed by atoms with Crippen molar-refractivity contribution < 1.29 is 24.5 Å². The van der Waals surface area contributed by atoms with Crippen LogP contribution in [0.3, 0.4) is 0 Å². The first-order valence-electron chi connectivity index (χ1n) is 25.5. The molecule has 0 spiro atoms. The van der Waals surface area contributed by atoms with Gasteiger partial charge in [-0.25, -0.2) is 0 Å². The van der Waals surface area contributed by atoms with Gasteiger partial charge in [0.05, 0.1) is 25.2 Å². The molecule has 348 valence electrons. The Morgan fingerprint density at radius 2 is 0.917 bits per heavy atom. The van der Waals surface area contributed by atoms with Crippen LogP contribution in [0.25, 0.3) is 0 Å². The minimum Gasteiger partial charge on any atom is -0.462 e. The summed E-state index contributed by atoms with van der Waals surface area (Å²) in [4.78, 5) is 26.1. The van der Waals surface area contributed by atoms with Crippen molar-refractivity contribution in [3.05, 3.63) is 60.8 Å². The van der Waals surface area contributed by atoms with E-state index in [1.54, 1.807) is 0 Å². The molecule has 6 nitrogen and oxygen atoms in total. The first-order chi connectivity index (χ1) is 29.5. The monoisotopic (exact) mass is 840 g/mol. The minimum absolute atomic E-state index is 0.0332. The summed E-state index contributed by atoms with van der Waals surface area (Å²) in [6.07, 6.45) is 58.5. The third kappa shape index (κ3) is 42.3. The minimum atomic E-state index is -0.805. The van der Waals surface area contributed by atoms with Crippen molar-refractivity contribution in [1.29, 1.82) is 0 Å². The molecule has 60 heavy (non-hydrogen) atoms. The lowest BCUT2D eigenvalue weighted by Gasteiger charge is -2.24. The topological polar surface area (TPSA) is 95.9 Å². The molecule has 0 aromatic rings. The molecule has 0 radical (unpaired) electrons. The molecule has 0 saturated carbocycles. The van der Waals surface area contributed by atoms with Gasteiger partial charge in [-0.2, -0.15) is 0 Å². The van der Waals surface area contributed by atoms with Gasteiger partial charge in [0.25, 0.3) is 0 Å². The number of aliphatic hydroxyl groups is 2. The van der Waals surface area contributed by atoms with E-state index in [1.165, 1.54) is 109 Å². The second-order valence-corrected chi connectivity index (χ2v) is 17.2. The number of unbranched alkanes of at least 4 members (excludes halogenated alkanes) is 23. The summed E-state index contributed by atoms with van der Waals surface area (Å²) in [5, 5.41) is 23.7. The van der Waals surface area contributed by atoms with Gasteiger partial charge in [-0.15, -0.1) is 0 Å². The van der Waals surface area contributed by atoms with E-state index in [0.717, 1.165) is 89.9 Å². The average molecular weight is 840 g/mol. The van der Waals surface area contributed by atoms with E-state index >= 15 is 0 Å². The fourth-order valence-corrected chi connectivity index (χ4v) is 7.48. The van der Waals surface area contributed by atoms with Gasteiger partial charge in [-0.1, -0.05) is 210 Å². The largest absolute Gasteiger partial charge is 0.462 e. The summed E-state index contributed by atoms with van der Waals surface area (Å²) in [6.45, 7) is 6.34. The number of aliphatic hydroxyl groups excluding tert-OH is 2. The highest BCUT2D eigenvalue weighted by Gasteiger charge is 2.24. The Labute approximate surface area is 371 Å². The van der Waals surface area contributed by atoms with Crippen LogP contribution in [-0.4, -0.2) is 46.9 Å². The summed E-state index contributed by atoms with van der Waals surface area (Å²) in [5.41, 5.74) is 0. The predicted molar refractivity (Wildman–Crippen MR) is 259 cm³/mol. The van der Waals surface area contributed by atoms with Crippen LogP contribution in [0.1, 0.15) is 245 Å². The van der Waals surface area contributed by atoms with E-state index in [0.29, 0.717) is 19.3 Å². The zero-order valence-electron chi connectivity index (χ0n) is 39.6. The maximum atomic E-state index is 13.2. The number of rotatable bonds is 45. The molecule has 0 aliphatic heterocycles. The number of ether oxygens (including phenoxy) is 1. The highest BCUT2D eigenvalue weighted by atomic mass is 16.5. The van der Waals surface area contributed by atoms with Gasteiger partial charge in [0.15, 0.2) is 0 Å². The van der Waals surface area contributed by atoms with Crippen molar-refractivity contribution in [2.75, 3.05) is 6.61 Å². The molecule has 3 atom stereocenters. The summed E-state index contributed by atoms with van der Waals surface area (Å²) >= 11 is 0. The van der Waals surface area contributed by atoms with E-state index < -0.39 is 18.2 Å². The lowest BCUT2D eigenvalue weighted by molar-refractivity contribution is -0.151. The van der Waals surface area contributed by atoms with Crippen LogP contribution in [0.2, 0.25) is 0 Å². The second-order valence-electron chi connectivity index (χ2n) is 17.2. The Morgan fingerprint density at radius 3 is 1.42 bits per heavy atom. The Morgan fingerprint density at radius 1 is 0.500 bits per heavy atom. The molecule has 0 aliphatic rings. The van der Waals surface area contributed by atoms with Crippen LogP contribution in [0, 0.1) is 0 Å². The van der Waals surface area contributed by atoms with E-state index in [-0.39, 0.29) is 24.9 Å². The summed E-state index contributed by atoms with van der Waals surface area (Å²) in [5.74, 6) is -0.546. The highest BCUT2D eigenvalue weighted by molar-refractivity contribution is 5.77. The summed E-state index contributed by atoms with van der Waals surface area (Å²) in [7, 11) is 0. The molecular weight excluding hydrogens is 743 g/mol. The first-order valence-corrected chi connectivity index (χ1v) is 25.5. The van der Waals surface area contributed by atoms with Crippen molar-refractivity contribution in [3.8, 4) is 0 Å². The Kier molecular flexibility index (Phi) is 45.7. The van der Waals surface area contributed by atoms with Crippen LogP contribution in [-0.2, 0) is 14.3 Å². The number of carbonyl (C=O) groups is 2. The molecule has 3 unspecified atom stereocenters. The molecule has 3 N–H and O–H groups in total. The summed E-state index contributed by atoms with van der Waals surface area (Å²) in [6, 6.07) is -0.722. The van der Waals surface area contributed by atoms with Gasteiger partial charge in [0.1, 0.15) is 6.10 Å². The third-order valence-electron chi connectivity index (χ3n) is 11.3. The van der Waals surface area contributed by atoms with Crippen molar-refractivity contribution in [2.45, 2.75) is 264 Å². The van der Waals surface area contributed by atoms with Gasteiger partial charge in [-0.05, 0) is 83.5 Å². The fraction of sp³-hybridized carbons (Fsp3) is 0.778. The van der Waals surface area contributed by atoms with Gasteiger partial charge < -0.3 is 20.3 Å². The van der Waals surface area contributed by atoms with Gasteiger partial charge in [0.2, 0.25) is 5.91 Å². The number of nitrogens with one attached hydrogen (secondary N) is 1. The van der Waals surface area contributed by atoms with Gasteiger partial charge in [0, 0.05) is 6.42 Å². The SMILES string of the molecule is CC/C=C/C/C=C/C/C=C/C/C=C/CCCC(CC(=O)NC(CO)C(O)CCCCCCCCCCCCCCC)OC(=O)CCCCC/C=C\CCCCCCCCC. The Hall–Kier alpha value is -2.44. The number of esters is 1. The molecule has 6 heteroatoms. The van der Waals surface area contributed by atoms with E-state index in [2.05, 4.69) is 86.8 Å². The van der Waals surface area contributed by atoms with Crippen LogP contribution in [0.4, 0.5) is 0 Å². The quantitative estimate of drug-likeness (QED) is 0.0322. The molecule has 0 rings (SSSR count). The normalized spacial score (nSPS) is 13.8. The van der Waals surface area contributed by atoms with E-state index in [1.807, 2.05) is 0 Å². The number of hydrogen-bond acceptors (Lipinski definition) is 5. The number of amides is 1. The number of hydrogen-bond donors (Lipinski definition) is 3. The Bertz CT molecular complexity index is 1080. The maximum Gasteiger partial charge on any atom is 0.306 e. The van der Waals surface area contributed by atoms with Crippen LogP contribution in [0.5, 0.6) is 0 Å². The number of carbonyl (C=O) groups excluding carboxylic acids is 2. The highest BCUT2D eigenvalue weighted by Crippen LogP contribution is 2.17. The Balaban J connectivity index is 4.68. The van der Waals surface area contributed by atoms with Crippen LogP contribution in [0.15, 0.2) is 60.8 Å².